The van der Waals surface area contributed by atoms with E-state index < -0.39 is 0 Å². The van der Waals surface area contributed by atoms with Crippen molar-refractivity contribution in [1.82, 2.24) is 14.9 Å². The first-order valence-corrected chi connectivity index (χ1v) is 10.9. The smallest absolute Gasteiger partial charge is 0.263 e. The summed E-state index contributed by atoms with van der Waals surface area (Å²) in [5.74, 6) is 1.75. The van der Waals surface area contributed by atoms with E-state index in [9.17, 15) is 4.79 Å². The first-order valence-electron chi connectivity index (χ1n) is 10.9. The number of nitrogens with zero attached hydrogens (tertiary/aromatic N) is 4. The number of carbonyl (C=O) groups is 1. The monoisotopic (exact) mass is 431 g/mol. The Morgan fingerprint density at radius 1 is 0.969 bits per heavy atom. The summed E-state index contributed by atoms with van der Waals surface area (Å²) in [7, 11) is 0. The Balaban J connectivity index is 1.28. The van der Waals surface area contributed by atoms with Crippen molar-refractivity contribution >= 4 is 17.5 Å². The number of ether oxygens (including phenoxy) is 1. The van der Waals surface area contributed by atoms with Gasteiger partial charge in [-0.1, -0.05) is 36.4 Å². The van der Waals surface area contributed by atoms with E-state index in [-0.39, 0.29) is 12.5 Å². The van der Waals surface area contributed by atoms with Crippen LogP contribution in [0.3, 0.4) is 0 Å². The Bertz CT molecular complexity index is 1030. The molecule has 0 unspecified atom stereocenters. The molecular formula is C25H29N5O2. The van der Waals surface area contributed by atoms with Crippen molar-refractivity contribution < 1.29 is 9.53 Å². The minimum atomic E-state index is -0.249. The summed E-state index contributed by atoms with van der Waals surface area (Å²) in [6, 6.07) is 18.2. The summed E-state index contributed by atoms with van der Waals surface area (Å²) >= 11 is 0. The van der Waals surface area contributed by atoms with Gasteiger partial charge in [0, 0.05) is 38.8 Å². The number of anilines is 2. The summed E-state index contributed by atoms with van der Waals surface area (Å²) in [6.45, 7) is 8.59. The maximum Gasteiger partial charge on any atom is 0.263 e. The van der Waals surface area contributed by atoms with Crippen LogP contribution in [0.25, 0.3) is 0 Å². The second-order valence-electron chi connectivity index (χ2n) is 8.17. The number of rotatable bonds is 7. The first-order chi connectivity index (χ1) is 15.5. The Morgan fingerprint density at radius 3 is 2.41 bits per heavy atom. The van der Waals surface area contributed by atoms with Gasteiger partial charge < -0.3 is 15.0 Å². The van der Waals surface area contributed by atoms with Gasteiger partial charge >= 0.3 is 0 Å². The van der Waals surface area contributed by atoms with Crippen molar-refractivity contribution in [2.75, 3.05) is 43.0 Å². The third-order valence-electron chi connectivity index (χ3n) is 5.43. The van der Waals surface area contributed by atoms with E-state index in [4.69, 9.17) is 4.74 Å². The zero-order chi connectivity index (χ0) is 22.3. The van der Waals surface area contributed by atoms with Gasteiger partial charge in [0.15, 0.2) is 6.61 Å². The fourth-order valence-electron chi connectivity index (χ4n) is 3.91. The lowest BCUT2D eigenvalue weighted by atomic mass is 10.1. The predicted molar refractivity (Wildman–Crippen MR) is 126 cm³/mol. The van der Waals surface area contributed by atoms with E-state index in [0.29, 0.717) is 11.6 Å². The zero-order valence-corrected chi connectivity index (χ0v) is 18.6. The van der Waals surface area contributed by atoms with E-state index in [0.717, 1.165) is 49.7 Å². The lowest BCUT2D eigenvalue weighted by Gasteiger charge is -2.35. The van der Waals surface area contributed by atoms with Crippen LogP contribution >= 0.6 is 0 Å². The Hall–Kier alpha value is -3.45. The highest BCUT2D eigenvalue weighted by Gasteiger charge is 2.19. The Morgan fingerprint density at radius 2 is 1.69 bits per heavy atom. The number of aromatic nitrogens is 2. The average molecular weight is 432 g/mol. The number of carbonyl (C=O) groups excluding carboxylic acids is 1. The molecule has 0 radical (unpaired) electrons. The minimum Gasteiger partial charge on any atom is -0.484 e. The molecule has 0 saturated carbocycles. The predicted octanol–water partition coefficient (Wildman–Crippen LogP) is 3.43. The number of piperazine rings is 1. The van der Waals surface area contributed by atoms with E-state index in [1.807, 2.05) is 38.1 Å². The quantitative estimate of drug-likeness (QED) is 0.618. The van der Waals surface area contributed by atoms with E-state index in [1.54, 1.807) is 0 Å². The molecule has 0 aliphatic carbocycles. The molecule has 7 nitrogen and oxygen atoms in total. The molecule has 1 fully saturated rings. The maximum atomic E-state index is 12.3. The summed E-state index contributed by atoms with van der Waals surface area (Å²) < 4.78 is 5.64. The van der Waals surface area contributed by atoms with Crippen molar-refractivity contribution in [3.63, 3.8) is 0 Å². The normalized spacial score (nSPS) is 14.2. The van der Waals surface area contributed by atoms with Gasteiger partial charge in [0.25, 0.3) is 5.91 Å². The molecule has 1 amide bonds. The fourth-order valence-corrected chi connectivity index (χ4v) is 3.91. The average Bonchev–Trinajstić information content (AvgIpc) is 2.79. The van der Waals surface area contributed by atoms with Crippen LogP contribution in [0.15, 0.2) is 60.9 Å². The van der Waals surface area contributed by atoms with E-state index >= 15 is 0 Å². The molecule has 1 aromatic heterocycles. The number of nitrogens with one attached hydrogen (secondary N) is 1. The van der Waals surface area contributed by atoms with Gasteiger partial charge in [-0.3, -0.25) is 9.69 Å². The van der Waals surface area contributed by atoms with E-state index in [2.05, 4.69) is 55.4 Å². The summed E-state index contributed by atoms with van der Waals surface area (Å²) in [5.41, 5.74) is 3.53. The van der Waals surface area contributed by atoms with Gasteiger partial charge in [-0.2, -0.15) is 0 Å². The molecule has 1 saturated heterocycles. The highest BCUT2D eigenvalue weighted by Crippen LogP contribution is 2.18. The van der Waals surface area contributed by atoms with Crippen LogP contribution in [0.2, 0.25) is 0 Å². The summed E-state index contributed by atoms with van der Waals surface area (Å²) in [5, 5.41) is 2.81. The van der Waals surface area contributed by atoms with Gasteiger partial charge in [0.05, 0.1) is 0 Å². The molecule has 7 heteroatoms. The van der Waals surface area contributed by atoms with Crippen molar-refractivity contribution in [3.05, 3.63) is 77.6 Å². The van der Waals surface area contributed by atoms with Gasteiger partial charge in [0.1, 0.15) is 23.7 Å². The molecule has 2 aromatic carbocycles. The van der Waals surface area contributed by atoms with Crippen molar-refractivity contribution in [3.8, 4) is 5.75 Å². The first kappa shape index (κ1) is 21.8. The van der Waals surface area contributed by atoms with Crippen molar-refractivity contribution in [2.24, 2.45) is 0 Å². The largest absolute Gasteiger partial charge is 0.484 e. The molecule has 1 aliphatic heterocycles. The molecule has 3 aromatic rings. The maximum absolute atomic E-state index is 12.3. The molecule has 1 N–H and O–H groups in total. The lowest BCUT2D eigenvalue weighted by molar-refractivity contribution is -0.118. The highest BCUT2D eigenvalue weighted by molar-refractivity contribution is 5.91. The fraction of sp³-hybridized carbons (Fsp3) is 0.320. The van der Waals surface area contributed by atoms with Crippen molar-refractivity contribution in [2.45, 2.75) is 20.4 Å². The number of aryl methyl sites for hydroxylation is 2. The lowest BCUT2D eigenvalue weighted by Crippen LogP contribution is -2.46. The second kappa shape index (κ2) is 10.2. The molecule has 0 bridgehead atoms. The molecule has 1 aliphatic rings. The molecular weight excluding hydrogens is 402 g/mol. The number of amides is 1. The van der Waals surface area contributed by atoms with Crippen LogP contribution in [0.5, 0.6) is 5.75 Å². The molecule has 166 valence electrons. The van der Waals surface area contributed by atoms with Gasteiger partial charge in [-0.05, 0) is 42.7 Å². The van der Waals surface area contributed by atoms with Gasteiger partial charge in [-0.15, -0.1) is 0 Å². The van der Waals surface area contributed by atoms with Crippen LogP contribution in [0.1, 0.15) is 16.7 Å². The molecule has 2 heterocycles. The minimum absolute atomic E-state index is 0.0691. The van der Waals surface area contributed by atoms with Crippen LogP contribution in [-0.2, 0) is 11.3 Å². The molecule has 32 heavy (non-hydrogen) atoms. The van der Waals surface area contributed by atoms with Crippen molar-refractivity contribution in [1.29, 1.82) is 0 Å². The Kier molecular flexibility index (Phi) is 6.97. The van der Waals surface area contributed by atoms with Crippen LogP contribution < -0.4 is 15.0 Å². The summed E-state index contributed by atoms with van der Waals surface area (Å²) in [4.78, 5) is 25.6. The SMILES string of the molecule is Cc1cc(C)cc(OCC(=O)Nc2cc(N3CCN(Cc4ccccc4)CC3)ncn2)c1. The van der Waals surface area contributed by atoms with Crippen LogP contribution in [0.4, 0.5) is 11.6 Å². The molecule has 0 atom stereocenters. The third-order valence-corrected chi connectivity index (χ3v) is 5.43. The van der Waals surface area contributed by atoms with E-state index in [1.165, 1.54) is 11.9 Å². The second-order valence-corrected chi connectivity index (χ2v) is 8.17. The van der Waals surface area contributed by atoms with Crippen LogP contribution in [0, 0.1) is 13.8 Å². The highest BCUT2D eigenvalue weighted by atomic mass is 16.5. The molecule has 4 rings (SSSR count). The van der Waals surface area contributed by atoms with Crippen LogP contribution in [-0.4, -0.2) is 53.6 Å². The third kappa shape index (κ3) is 6.04. The summed E-state index contributed by atoms with van der Waals surface area (Å²) in [6.07, 6.45) is 1.49. The topological polar surface area (TPSA) is 70.6 Å². The number of hydrogen-bond acceptors (Lipinski definition) is 6. The standard InChI is InChI=1S/C25H29N5O2/c1-19-12-20(2)14-22(13-19)32-17-25(31)28-23-15-24(27-18-26-23)30-10-8-29(9-11-30)16-21-6-4-3-5-7-21/h3-7,12-15,18H,8-11,16-17H2,1-2H3,(H,26,27,28,31). The zero-order valence-electron chi connectivity index (χ0n) is 18.6. The number of hydrogen-bond donors (Lipinski definition) is 1. The Labute approximate surface area is 189 Å². The van der Waals surface area contributed by atoms with Gasteiger partial charge in [-0.25, -0.2) is 9.97 Å². The molecule has 0 spiro atoms. The van der Waals surface area contributed by atoms with Gasteiger partial charge in [0.2, 0.25) is 0 Å². The number of benzene rings is 2.